The molecule has 0 spiro atoms. The minimum atomic E-state index is -3.19. The molecule has 192 valence electrons. The Kier molecular flexibility index (Phi) is 7.96. The van der Waals surface area contributed by atoms with E-state index in [9.17, 15) is 13.2 Å². The second-order valence-corrected chi connectivity index (χ2v) is 11.7. The number of sulfonamides is 1. The van der Waals surface area contributed by atoms with Gasteiger partial charge in [0.05, 0.1) is 10.7 Å². The van der Waals surface area contributed by atoms with E-state index in [4.69, 9.17) is 0 Å². The molecule has 12 heteroatoms. The first-order valence-electron chi connectivity index (χ1n) is 11.7. The second kappa shape index (κ2) is 11.0. The number of nitrogens with one attached hydrogen (secondary N) is 3. The monoisotopic (exact) mass is 575 g/mol. The lowest BCUT2D eigenvalue weighted by molar-refractivity contribution is 0.462. The highest BCUT2D eigenvalue weighted by Crippen LogP contribution is 2.26. The molecule has 0 amide bonds. The molecule has 1 aromatic carbocycles. The summed E-state index contributed by atoms with van der Waals surface area (Å²) in [5, 5.41) is 6.31. The lowest BCUT2D eigenvalue weighted by Gasteiger charge is -2.33. The maximum Gasteiger partial charge on any atom is 0.274 e. The van der Waals surface area contributed by atoms with Gasteiger partial charge in [-0.05, 0) is 79.0 Å². The minimum absolute atomic E-state index is 0.0151. The molecule has 1 aliphatic rings. The molecule has 0 aliphatic carbocycles. The standard InChI is InChI=1S/C24H30BrN7O3S/c1-16(2)32-12-4-5-21(23(32)33)28-22-20(25)15-26-24(29-22)27-17-6-8-19(9-7-17)31-13-10-18(11-14-31)30-36(3,34)35/h4-9,12,15-16,18,30H,10-11,13-14H2,1-3H3,(H2,26,27,28,29). The Morgan fingerprint density at radius 2 is 1.78 bits per heavy atom. The predicted octanol–water partition coefficient (Wildman–Crippen LogP) is 3.99. The Morgan fingerprint density at radius 3 is 2.42 bits per heavy atom. The van der Waals surface area contributed by atoms with Crippen LogP contribution in [0.4, 0.5) is 28.8 Å². The fourth-order valence-corrected chi connectivity index (χ4v) is 5.23. The van der Waals surface area contributed by atoms with Crippen molar-refractivity contribution in [3.63, 3.8) is 0 Å². The molecular weight excluding hydrogens is 546 g/mol. The van der Waals surface area contributed by atoms with Gasteiger partial charge in [0.15, 0.2) is 5.82 Å². The summed E-state index contributed by atoms with van der Waals surface area (Å²) in [6.45, 7) is 5.47. The van der Waals surface area contributed by atoms with Crippen molar-refractivity contribution in [2.75, 3.05) is 34.9 Å². The first-order chi connectivity index (χ1) is 17.1. The van der Waals surface area contributed by atoms with Gasteiger partial charge >= 0.3 is 0 Å². The number of hydrogen-bond acceptors (Lipinski definition) is 8. The third-order valence-electron chi connectivity index (χ3n) is 5.89. The number of piperidine rings is 1. The van der Waals surface area contributed by atoms with Crippen LogP contribution in [0.15, 0.2) is 58.1 Å². The van der Waals surface area contributed by atoms with Gasteiger partial charge in [0.1, 0.15) is 5.69 Å². The molecule has 3 aromatic rings. The van der Waals surface area contributed by atoms with E-state index in [0.717, 1.165) is 37.3 Å². The molecule has 0 bridgehead atoms. The highest BCUT2D eigenvalue weighted by molar-refractivity contribution is 9.10. The van der Waals surface area contributed by atoms with Crippen molar-refractivity contribution in [2.45, 2.75) is 38.8 Å². The van der Waals surface area contributed by atoms with Crippen LogP contribution in [0, 0.1) is 0 Å². The van der Waals surface area contributed by atoms with E-state index < -0.39 is 10.0 Å². The highest BCUT2D eigenvalue weighted by Gasteiger charge is 2.21. The zero-order valence-electron chi connectivity index (χ0n) is 20.4. The number of pyridine rings is 1. The zero-order valence-corrected chi connectivity index (χ0v) is 22.8. The van der Waals surface area contributed by atoms with Crippen molar-refractivity contribution < 1.29 is 8.42 Å². The summed E-state index contributed by atoms with van der Waals surface area (Å²) in [4.78, 5) is 23.8. The normalized spacial score (nSPS) is 14.8. The van der Waals surface area contributed by atoms with Gasteiger partial charge in [-0.1, -0.05) is 0 Å². The van der Waals surface area contributed by atoms with Crippen LogP contribution in [-0.4, -0.2) is 48.3 Å². The molecule has 0 radical (unpaired) electrons. The van der Waals surface area contributed by atoms with Crippen molar-refractivity contribution in [3.8, 4) is 0 Å². The van der Waals surface area contributed by atoms with Crippen molar-refractivity contribution in [3.05, 3.63) is 63.6 Å². The Bertz CT molecular complexity index is 1370. The van der Waals surface area contributed by atoms with E-state index in [1.807, 2.05) is 44.2 Å². The van der Waals surface area contributed by atoms with E-state index in [1.54, 1.807) is 23.0 Å². The van der Waals surface area contributed by atoms with Gasteiger partial charge < -0.3 is 20.1 Å². The van der Waals surface area contributed by atoms with Crippen LogP contribution in [0.25, 0.3) is 0 Å². The number of benzene rings is 1. The molecule has 10 nitrogen and oxygen atoms in total. The number of halogens is 1. The highest BCUT2D eigenvalue weighted by atomic mass is 79.9. The summed E-state index contributed by atoms with van der Waals surface area (Å²) < 4.78 is 27.9. The molecule has 1 saturated heterocycles. The van der Waals surface area contributed by atoms with E-state index in [0.29, 0.717) is 21.9 Å². The lowest BCUT2D eigenvalue weighted by atomic mass is 10.1. The number of nitrogens with zero attached hydrogens (tertiary/aromatic N) is 4. The summed E-state index contributed by atoms with van der Waals surface area (Å²) in [5.74, 6) is 0.870. The third kappa shape index (κ3) is 6.62. The summed E-state index contributed by atoms with van der Waals surface area (Å²) in [6, 6.07) is 11.5. The van der Waals surface area contributed by atoms with Crippen LogP contribution < -0.4 is 25.8 Å². The molecule has 0 atom stereocenters. The average Bonchev–Trinajstić information content (AvgIpc) is 2.82. The van der Waals surface area contributed by atoms with Crippen LogP contribution in [0.1, 0.15) is 32.7 Å². The largest absolute Gasteiger partial charge is 0.371 e. The van der Waals surface area contributed by atoms with Gasteiger partial charge in [-0.25, -0.2) is 18.1 Å². The summed E-state index contributed by atoms with van der Waals surface area (Å²) >= 11 is 3.45. The van der Waals surface area contributed by atoms with Gasteiger partial charge in [-0.15, -0.1) is 0 Å². The summed E-state index contributed by atoms with van der Waals surface area (Å²) in [7, 11) is -3.19. The fraction of sp³-hybridized carbons (Fsp3) is 0.375. The molecule has 1 aliphatic heterocycles. The van der Waals surface area contributed by atoms with Crippen LogP contribution in [-0.2, 0) is 10.0 Å². The predicted molar refractivity (Wildman–Crippen MR) is 147 cm³/mol. The topological polar surface area (TPSA) is 121 Å². The van der Waals surface area contributed by atoms with E-state index in [1.165, 1.54) is 6.26 Å². The first-order valence-corrected chi connectivity index (χ1v) is 14.4. The number of hydrogen-bond donors (Lipinski definition) is 3. The SMILES string of the molecule is CC(C)n1cccc(Nc2nc(Nc3ccc(N4CCC(NS(C)(=O)=O)CC4)cc3)ncc2Br)c1=O. The van der Waals surface area contributed by atoms with Gasteiger partial charge in [-0.3, -0.25) is 4.79 Å². The molecule has 2 aromatic heterocycles. The number of rotatable bonds is 8. The van der Waals surface area contributed by atoms with Crippen molar-refractivity contribution in [1.29, 1.82) is 0 Å². The van der Waals surface area contributed by atoms with E-state index in [2.05, 4.69) is 46.2 Å². The van der Waals surface area contributed by atoms with Crippen LogP contribution in [0.5, 0.6) is 0 Å². The molecule has 1 fully saturated rings. The molecule has 3 heterocycles. The molecule has 3 N–H and O–H groups in total. The van der Waals surface area contributed by atoms with Gasteiger partial charge in [0, 0.05) is 48.9 Å². The van der Waals surface area contributed by atoms with Gasteiger partial charge in [0.2, 0.25) is 16.0 Å². The molecule has 36 heavy (non-hydrogen) atoms. The fourth-order valence-electron chi connectivity index (χ4n) is 4.10. The average molecular weight is 577 g/mol. The Labute approximate surface area is 219 Å². The van der Waals surface area contributed by atoms with Crippen LogP contribution >= 0.6 is 15.9 Å². The third-order valence-corrected chi connectivity index (χ3v) is 7.23. The molecule has 4 rings (SSSR count). The quantitative estimate of drug-likeness (QED) is 0.368. The lowest BCUT2D eigenvalue weighted by Crippen LogP contribution is -2.44. The maximum absolute atomic E-state index is 12.7. The van der Waals surface area contributed by atoms with Gasteiger partial charge in [-0.2, -0.15) is 4.98 Å². The van der Waals surface area contributed by atoms with Crippen molar-refractivity contribution >= 4 is 54.8 Å². The first kappa shape index (κ1) is 26.1. The van der Waals surface area contributed by atoms with Gasteiger partial charge in [0.25, 0.3) is 5.56 Å². The van der Waals surface area contributed by atoms with Crippen LogP contribution in [0.3, 0.4) is 0 Å². The molecular formula is C24H30BrN7O3S. The molecule has 0 unspecified atom stereocenters. The van der Waals surface area contributed by atoms with Crippen LogP contribution in [0.2, 0.25) is 0 Å². The minimum Gasteiger partial charge on any atom is -0.371 e. The molecule has 0 saturated carbocycles. The second-order valence-electron chi connectivity index (χ2n) is 9.07. The number of anilines is 5. The van der Waals surface area contributed by atoms with E-state index in [-0.39, 0.29) is 17.6 Å². The Hall–Kier alpha value is -2.96. The summed E-state index contributed by atoms with van der Waals surface area (Å²) in [5.41, 5.74) is 2.20. The Morgan fingerprint density at radius 1 is 1.08 bits per heavy atom. The van der Waals surface area contributed by atoms with Crippen molar-refractivity contribution in [2.24, 2.45) is 0 Å². The Balaban J connectivity index is 1.42. The van der Waals surface area contributed by atoms with Crippen molar-refractivity contribution in [1.82, 2.24) is 19.3 Å². The number of aromatic nitrogens is 3. The summed E-state index contributed by atoms with van der Waals surface area (Å²) in [6.07, 6.45) is 6.12. The smallest absolute Gasteiger partial charge is 0.274 e. The van der Waals surface area contributed by atoms with E-state index >= 15 is 0 Å². The maximum atomic E-state index is 12.7. The zero-order chi connectivity index (χ0) is 25.9.